The van der Waals surface area contributed by atoms with Crippen LogP contribution in [0.3, 0.4) is 0 Å². The molecule has 1 amide bonds. The molecule has 0 aliphatic carbocycles. The summed E-state index contributed by atoms with van der Waals surface area (Å²) < 4.78 is 22.8. The molecule has 9 heteroatoms. The molecule has 0 atom stereocenters. The molecule has 0 unspecified atom stereocenters. The lowest BCUT2D eigenvalue weighted by atomic mass is 9.85. The Morgan fingerprint density at radius 2 is 1.74 bits per heavy atom. The molecule has 0 radical (unpaired) electrons. The van der Waals surface area contributed by atoms with Crippen LogP contribution in [-0.4, -0.2) is 60.2 Å². The first-order valence-electron chi connectivity index (χ1n) is 9.39. The van der Waals surface area contributed by atoms with Crippen LogP contribution in [-0.2, 0) is 18.8 Å². The van der Waals surface area contributed by atoms with Crippen molar-refractivity contribution < 1.29 is 23.6 Å². The first-order chi connectivity index (χ1) is 12.7. The summed E-state index contributed by atoms with van der Waals surface area (Å²) in [5.74, 6) is -0.312. The van der Waals surface area contributed by atoms with E-state index in [4.69, 9.17) is 18.8 Å². The summed E-state index contributed by atoms with van der Waals surface area (Å²) in [5, 5.41) is 2.81. The van der Waals surface area contributed by atoms with Gasteiger partial charge in [-0.05, 0) is 41.5 Å². The third kappa shape index (κ3) is 5.48. The van der Waals surface area contributed by atoms with Crippen LogP contribution in [0.1, 0.15) is 58.5 Å². The zero-order valence-electron chi connectivity index (χ0n) is 17.1. The molecule has 1 saturated heterocycles. The fourth-order valence-electron chi connectivity index (χ4n) is 2.55. The monoisotopic (exact) mass is 379 g/mol. The van der Waals surface area contributed by atoms with Crippen molar-refractivity contribution in [2.75, 3.05) is 19.8 Å². The normalized spacial score (nSPS) is 18.1. The first kappa shape index (κ1) is 21.8. The van der Waals surface area contributed by atoms with Gasteiger partial charge < -0.3 is 24.1 Å². The van der Waals surface area contributed by atoms with Crippen molar-refractivity contribution in [2.24, 2.45) is 0 Å². The van der Waals surface area contributed by atoms with Gasteiger partial charge in [-0.2, -0.15) is 0 Å². The van der Waals surface area contributed by atoms with Gasteiger partial charge in [0.1, 0.15) is 5.69 Å². The van der Waals surface area contributed by atoms with E-state index < -0.39 is 18.3 Å². The van der Waals surface area contributed by atoms with Crippen LogP contribution in [0, 0.1) is 0 Å². The van der Waals surface area contributed by atoms with Crippen LogP contribution < -0.4 is 10.9 Å². The average molecular weight is 379 g/mol. The predicted molar refractivity (Wildman–Crippen MR) is 102 cm³/mol. The molecular formula is C18H30BN3O5. The molecule has 1 aliphatic heterocycles. The molecule has 27 heavy (non-hydrogen) atoms. The second-order valence-electron chi connectivity index (χ2n) is 7.30. The number of amides is 1. The number of carbonyl (C=O) groups excluding carboxylic acids is 1. The number of aromatic nitrogens is 2. The Kier molecular flexibility index (Phi) is 7.33. The Bertz CT molecular complexity index is 619. The van der Waals surface area contributed by atoms with Crippen molar-refractivity contribution in [1.82, 2.24) is 15.3 Å². The third-order valence-corrected chi connectivity index (χ3v) is 4.75. The summed E-state index contributed by atoms with van der Waals surface area (Å²) in [4.78, 5) is 20.9. The van der Waals surface area contributed by atoms with E-state index in [-0.39, 0.29) is 17.9 Å². The summed E-state index contributed by atoms with van der Waals surface area (Å²) in [6.07, 6.45) is 3.20. The minimum Gasteiger partial charge on any atom is -0.398 e. The van der Waals surface area contributed by atoms with Crippen molar-refractivity contribution in [3.63, 3.8) is 0 Å². The van der Waals surface area contributed by atoms with Crippen molar-refractivity contribution in [3.05, 3.63) is 18.1 Å². The van der Waals surface area contributed by atoms with Crippen LogP contribution >= 0.6 is 0 Å². The Morgan fingerprint density at radius 3 is 2.30 bits per heavy atom. The van der Waals surface area contributed by atoms with Crippen molar-refractivity contribution in [2.45, 2.75) is 65.5 Å². The van der Waals surface area contributed by atoms with E-state index in [1.165, 1.54) is 6.20 Å². The highest BCUT2D eigenvalue weighted by molar-refractivity contribution is 6.61. The van der Waals surface area contributed by atoms with Gasteiger partial charge >= 0.3 is 7.12 Å². The summed E-state index contributed by atoms with van der Waals surface area (Å²) in [6, 6.07) is 0. The van der Waals surface area contributed by atoms with Crippen molar-refractivity contribution >= 4 is 18.6 Å². The molecule has 1 aromatic heterocycles. The summed E-state index contributed by atoms with van der Waals surface area (Å²) >= 11 is 0. The number of hydrogen-bond acceptors (Lipinski definition) is 7. The topological polar surface area (TPSA) is 91.8 Å². The lowest BCUT2D eigenvalue weighted by Crippen LogP contribution is -2.41. The van der Waals surface area contributed by atoms with Gasteiger partial charge in [-0.25, -0.2) is 4.98 Å². The lowest BCUT2D eigenvalue weighted by Gasteiger charge is -2.32. The fraction of sp³-hybridized carbons (Fsp3) is 0.722. The highest BCUT2D eigenvalue weighted by Gasteiger charge is 2.52. The Morgan fingerprint density at radius 1 is 1.15 bits per heavy atom. The van der Waals surface area contributed by atoms with Crippen molar-refractivity contribution in [3.8, 4) is 0 Å². The molecule has 2 rings (SSSR count). The largest absolute Gasteiger partial charge is 0.516 e. The molecule has 0 saturated carbocycles. The predicted octanol–water partition coefficient (Wildman–Crippen LogP) is 1.29. The van der Waals surface area contributed by atoms with E-state index in [1.807, 2.05) is 41.5 Å². The van der Waals surface area contributed by atoms with E-state index in [2.05, 4.69) is 15.3 Å². The molecule has 150 valence electrons. The van der Waals surface area contributed by atoms with E-state index in [9.17, 15) is 4.79 Å². The van der Waals surface area contributed by atoms with Gasteiger partial charge in [0.15, 0.2) is 6.29 Å². The van der Waals surface area contributed by atoms with E-state index in [0.29, 0.717) is 31.8 Å². The molecule has 0 spiro atoms. The maximum Gasteiger partial charge on any atom is 0.516 e. The van der Waals surface area contributed by atoms with E-state index in [0.717, 1.165) is 0 Å². The van der Waals surface area contributed by atoms with E-state index >= 15 is 0 Å². The molecule has 8 nitrogen and oxygen atoms in total. The maximum atomic E-state index is 12.4. The third-order valence-electron chi connectivity index (χ3n) is 4.75. The summed E-state index contributed by atoms with van der Waals surface area (Å²) in [7, 11) is -0.657. The van der Waals surface area contributed by atoms with Crippen LogP contribution in [0.5, 0.6) is 0 Å². The molecule has 1 N–H and O–H groups in total. The van der Waals surface area contributed by atoms with Crippen molar-refractivity contribution in [1.29, 1.82) is 0 Å². The standard InChI is InChI=1S/C18H30BN3O5/c1-7-24-15(25-8-2)9-10-21-16(23)13-11-20-12-14(22-13)19-26-17(3,4)18(5,6)27-19/h11-12,15H,7-10H2,1-6H3,(H,21,23). The number of ether oxygens (including phenoxy) is 2. The molecule has 0 aromatic carbocycles. The number of carbonyl (C=O) groups is 1. The number of hydrogen-bond donors (Lipinski definition) is 1. The minimum atomic E-state index is -0.657. The van der Waals surface area contributed by atoms with Crippen LogP contribution in [0.25, 0.3) is 0 Å². The molecular weight excluding hydrogens is 349 g/mol. The Labute approximate surface area is 161 Å². The van der Waals surface area contributed by atoms with Gasteiger partial charge in [0.2, 0.25) is 0 Å². The Balaban J connectivity index is 1.96. The SMILES string of the molecule is CCOC(CCNC(=O)c1cncc(B2OC(C)(C)C(C)(C)O2)n1)OCC. The first-order valence-corrected chi connectivity index (χ1v) is 9.39. The summed E-state index contributed by atoms with van der Waals surface area (Å²) in [6.45, 7) is 13.2. The number of rotatable bonds is 9. The van der Waals surface area contributed by atoms with Gasteiger partial charge in [-0.15, -0.1) is 0 Å². The van der Waals surface area contributed by atoms with Crippen LogP contribution in [0.4, 0.5) is 0 Å². The second-order valence-corrected chi connectivity index (χ2v) is 7.30. The second kappa shape index (κ2) is 9.10. The zero-order chi connectivity index (χ0) is 20.1. The fourth-order valence-corrected chi connectivity index (χ4v) is 2.55. The van der Waals surface area contributed by atoms with Gasteiger partial charge in [-0.3, -0.25) is 9.78 Å². The smallest absolute Gasteiger partial charge is 0.398 e. The van der Waals surface area contributed by atoms with Gasteiger partial charge in [-0.1, -0.05) is 0 Å². The lowest BCUT2D eigenvalue weighted by molar-refractivity contribution is -0.138. The van der Waals surface area contributed by atoms with Crippen LogP contribution in [0.15, 0.2) is 12.4 Å². The maximum absolute atomic E-state index is 12.4. The molecule has 1 aliphatic rings. The van der Waals surface area contributed by atoms with Gasteiger partial charge in [0.05, 0.1) is 23.0 Å². The summed E-state index contributed by atoms with van der Waals surface area (Å²) in [5.41, 5.74) is -0.273. The van der Waals surface area contributed by atoms with Crippen LogP contribution in [0.2, 0.25) is 0 Å². The number of nitrogens with zero attached hydrogens (tertiary/aromatic N) is 2. The quantitative estimate of drug-likeness (QED) is 0.511. The van der Waals surface area contributed by atoms with Gasteiger partial charge in [0.25, 0.3) is 5.91 Å². The molecule has 1 aromatic rings. The highest BCUT2D eigenvalue weighted by atomic mass is 16.7. The van der Waals surface area contributed by atoms with E-state index in [1.54, 1.807) is 6.20 Å². The van der Waals surface area contributed by atoms with Gasteiger partial charge in [0, 0.05) is 32.4 Å². The minimum absolute atomic E-state index is 0.214. The average Bonchev–Trinajstić information content (AvgIpc) is 2.83. The highest BCUT2D eigenvalue weighted by Crippen LogP contribution is 2.36. The number of nitrogens with one attached hydrogen (secondary N) is 1. The Hall–Kier alpha value is -1.55. The zero-order valence-corrected chi connectivity index (χ0v) is 17.1. The molecule has 0 bridgehead atoms. The molecule has 2 heterocycles. The molecule has 1 fully saturated rings.